The van der Waals surface area contributed by atoms with Crippen LogP contribution in [0.3, 0.4) is 0 Å². The van der Waals surface area contributed by atoms with Crippen molar-refractivity contribution in [1.29, 1.82) is 0 Å². The SMILES string of the molecule is O=C1C[C@@H](c2c(O)cccc2O)Oc2cc(O)cc(O)c21. The van der Waals surface area contributed by atoms with Crippen LogP contribution in [0.1, 0.15) is 28.4 Å². The molecule has 0 saturated heterocycles. The fourth-order valence-electron chi connectivity index (χ4n) is 2.46. The third kappa shape index (κ3) is 2.10. The quantitative estimate of drug-likeness (QED) is 0.641. The van der Waals surface area contributed by atoms with E-state index in [1.165, 1.54) is 24.3 Å². The molecule has 3 rings (SSSR count). The average molecular weight is 288 g/mol. The zero-order chi connectivity index (χ0) is 15.1. The summed E-state index contributed by atoms with van der Waals surface area (Å²) in [5.74, 6) is -1.39. The molecule has 0 radical (unpaired) electrons. The summed E-state index contributed by atoms with van der Waals surface area (Å²) in [6.07, 6.45) is -1.04. The number of Topliss-reactive ketones (excluding diaryl/α,β-unsaturated/α-hetero) is 1. The number of rotatable bonds is 1. The summed E-state index contributed by atoms with van der Waals surface area (Å²) >= 11 is 0. The number of aromatic hydroxyl groups is 4. The van der Waals surface area contributed by atoms with Crippen molar-refractivity contribution in [3.8, 4) is 28.7 Å². The normalized spacial score (nSPS) is 17.1. The molecule has 1 atom stereocenters. The number of benzene rings is 2. The van der Waals surface area contributed by atoms with Crippen molar-refractivity contribution in [2.24, 2.45) is 0 Å². The van der Waals surface area contributed by atoms with Gasteiger partial charge in [0, 0.05) is 12.1 Å². The van der Waals surface area contributed by atoms with E-state index in [1.807, 2.05) is 0 Å². The molecular formula is C15H12O6. The second-order valence-electron chi connectivity index (χ2n) is 4.78. The predicted octanol–water partition coefficient (Wildman–Crippen LogP) is 2.22. The Hall–Kier alpha value is -2.89. The Bertz CT molecular complexity index is 717. The minimum absolute atomic E-state index is 0.0106. The number of ketones is 1. The van der Waals surface area contributed by atoms with Gasteiger partial charge in [-0.2, -0.15) is 0 Å². The molecule has 0 aromatic heterocycles. The predicted molar refractivity (Wildman–Crippen MR) is 71.9 cm³/mol. The van der Waals surface area contributed by atoms with Crippen LogP contribution in [-0.4, -0.2) is 26.2 Å². The lowest BCUT2D eigenvalue weighted by Crippen LogP contribution is -2.20. The van der Waals surface area contributed by atoms with E-state index < -0.39 is 11.9 Å². The van der Waals surface area contributed by atoms with Gasteiger partial charge in [0.2, 0.25) is 0 Å². The highest BCUT2D eigenvalue weighted by atomic mass is 16.5. The summed E-state index contributed by atoms with van der Waals surface area (Å²) in [4.78, 5) is 12.1. The van der Waals surface area contributed by atoms with Crippen molar-refractivity contribution < 1.29 is 30.0 Å². The molecule has 0 aliphatic carbocycles. The van der Waals surface area contributed by atoms with E-state index in [0.717, 1.165) is 6.07 Å². The number of phenolic OH excluding ortho intramolecular Hbond substituents is 4. The summed E-state index contributed by atoms with van der Waals surface area (Å²) in [5, 5.41) is 38.9. The van der Waals surface area contributed by atoms with Gasteiger partial charge in [0.15, 0.2) is 5.78 Å². The van der Waals surface area contributed by atoms with Gasteiger partial charge in [-0.15, -0.1) is 0 Å². The van der Waals surface area contributed by atoms with Crippen molar-refractivity contribution in [3.05, 3.63) is 41.5 Å². The highest BCUT2D eigenvalue weighted by Gasteiger charge is 2.33. The number of carbonyl (C=O) groups is 1. The molecule has 0 fully saturated rings. The summed E-state index contributed by atoms with van der Waals surface area (Å²) in [6, 6.07) is 6.47. The zero-order valence-corrected chi connectivity index (χ0v) is 10.8. The van der Waals surface area contributed by atoms with Gasteiger partial charge >= 0.3 is 0 Å². The van der Waals surface area contributed by atoms with Gasteiger partial charge in [-0.25, -0.2) is 0 Å². The average Bonchev–Trinajstić information content (AvgIpc) is 2.36. The maximum absolute atomic E-state index is 12.1. The van der Waals surface area contributed by atoms with E-state index in [9.17, 15) is 25.2 Å². The lowest BCUT2D eigenvalue weighted by molar-refractivity contribution is 0.0839. The van der Waals surface area contributed by atoms with Crippen LogP contribution in [0.2, 0.25) is 0 Å². The van der Waals surface area contributed by atoms with Crippen molar-refractivity contribution in [3.63, 3.8) is 0 Å². The second-order valence-corrected chi connectivity index (χ2v) is 4.78. The molecule has 1 aliphatic heterocycles. The topological polar surface area (TPSA) is 107 Å². The highest BCUT2D eigenvalue weighted by Crippen LogP contribution is 2.45. The van der Waals surface area contributed by atoms with E-state index in [-0.39, 0.29) is 46.3 Å². The van der Waals surface area contributed by atoms with Crippen LogP contribution < -0.4 is 4.74 Å². The van der Waals surface area contributed by atoms with E-state index in [0.29, 0.717) is 0 Å². The lowest BCUT2D eigenvalue weighted by atomic mass is 9.94. The van der Waals surface area contributed by atoms with Gasteiger partial charge in [0.25, 0.3) is 0 Å². The molecule has 1 heterocycles. The van der Waals surface area contributed by atoms with E-state index in [1.54, 1.807) is 0 Å². The first-order chi connectivity index (χ1) is 9.97. The number of fused-ring (bicyclic) bond motifs is 1. The van der Waals surface area contributed by atoms with Gasteiger partial charge in [0.1, 0.15) is 40.4 Å². The van der Waals surface area contributed by atoms with Gasteiger partial charge in [0.05, 0.1) is 12.0 Å². The Morgan fingerprint density at radius 1 is 1.00 bits per heavy atom. The third-order valence-corrected chi connectivity index (χ3v) is 3.37. The molecule has 0 spiro atoms. The summed E-state index contributed by atoms with van der Waals surface area (Å²) < 4.78 is 5.55. The van der Waals surface area contributed by atoms with Crippen LogP contribution in [-0.2, 0) is 0 Å². The fourth-order valence-corrected chi connectivity index (χ4v) is 2.46. The fraction of sp³-hybridized carbons (Fsp3) is 0.133. The maximum atomic E-state index is 12.1. The minimum Gasteiger partial charge on any atom is -0.508 e. The molecule has 2 aromatic rings. The van der Waals surface area contributed by atoms with Crippen LogP contribution in [0.25, 0.3) is 0 Å². The van der Waals surface area contributed by atoms with E-state index in [2.05, 4.69) is 0 Å². The third-order valence-electron chi connectivity index (χ3n) is 3.37. The Balaban J connectivity index is 2.08. The number of hydrogen-bond acceptors (Lipinski definition) is 6. The Morgan fingerprint density at radius 3 is 2.33 bits per heavy atom. The number of ether oxygens (including phenoxy) is 1. The number of phenols is 4. The molecular weight excluding hydrogens is 276 g/mol. The van der Waals surface area contributed by atoms with Gasteiger partial charge in [-0.05, 0) is 12.1 Å². The first kappa shape index (κ1) is 13.1. The Kier molecular flexibility index (Phi) is 2.86. The first-order valence-corrected chi connectivity index (χ1v) is 6.24. The molecule has 4 N–H and O–H groups in total. The monoisotopic (exact) mass is 288 g/mol. The standard InChI is InChI=1S/C15H12O6/c16-7-4-10(19)15-11(20)6-13(21-12(15)5-7)14-8(17)2-1-3-9(14)18/h1-5,13,16-19H,6H2/t13-/m0/s1. The van der Waals surface area contributed by atoms with Gasteiger partial charge < -0.3 is 25.2 Å². The van der Waals surface area contributed by atoms with Crippen LogP contribution in [0.15, 0.2) is 30.3 Å². The Labute approximate surface area is 119 Å². The molecule has 108 valence electrons. The van der Waals surface area contributed by atoms with Crippen molar-refractivity contribution in [2.75, 3.05) is 0 Å². The van der Waals surface area contributed by atoms with Crippen LogP contribution >= 0.6 is 0 Å². The summed E-state index contributed by atoms with van der Waals surface area (Å²) in [6.45, 7) is 0. The van der Waals surface area contributed by atoms with Gasteiger partial charge in [-0.1, -0.05) is 6.07 Å². The van der Waals surface area contributed by atoms with E-state index >= 15 is 0 Å². The Morgan fingerprint density at radius 2 is 1.67 bits per heavy atom. The highest BCUT2D eigenvalue weighted by molar-refractivity contribution is 6.02. The molecule has 1 aliphatic rings. The van der Waals surface area contributed by atoms with Crippen LogP contribution in [0, 0.1) is 0 Å². The second kappa shape index (κ2) is 4.59. The summed E-state index contributed by atoms with van der Waals surface area (Å²) in [7, 11) is 0. The summed E-state index contributed by atoms with van der Waals surface area (Å²) in [5.41, 5.74) is 0.0818. The number of hydrogen-bond donors (Lipinski definition) is 4. The number of carbonyl (C=O) groups excluding carboxylic acids is 1. The van der Waals surface area contributed by atoms with Gasteiger partial charge in [-0.3, -0.25) is 4.79 Å². The molecule has 0 unspecified atom stereocenters. The van der Waals surface area contributed by atoms with Crippen molar-refractivity contribution >= 4 is 5.78 Å². The molecule has 0 amide bonds. The minimum atomic E-state index is -0.896. The van der Waals surface area contributed by atoms with Crippen molar-refractivity contribution in [1.82, 2.24) is 0 Å². The molecule has 21 heavy (non-hydrogen) atoms. The van der Waals surface area contributed by atoms with Crippen molar-refractivity contribution in [2.45, 2.75) is 12.5 Å². The zero-order valence-electron chi connectivity index (χ0n) is 10.8. The maximum Gasteiger partial charge on any atom is 0.174 e. The molecule has 6 heteroatoms. The van der Waals surface area contributed by atoms with Crippen LogP contribution in [0.4, 0.5) is 0 Å². The molecule has 6 nitrogen and oxygen atoms in total. The molecule has 0 bridgehead atoms. The smallest absolute Gasteiger partial charge is 0.174 e. The molecule has 2 aromatic carbocycles. The first-order valence-electron chi connectivity index (χ1n) is 6.24. The largest absolute Gasteiger partial charge is 0.508 e. The van der Waals surface area contributed by atoms with E-state index in [4.69, 9.17) is 4.74 Å². The van der Waals surface area contributed by atoms with Crippen LogP contribution in [0.5, 0.6) is 28.7 Å². The lowest BCUT2D eigenvalue weighted by Gasteiger charge is -2.26. The molecule has 0 saturated carbocycles.